The fourth-order valence-corrected chi connectivity index (χ4v) is 4.62. The SMILES string of the molecule is O=C(N[C@@H]1CCN(C2CCCCC2F)C[C@H]1C(=O)O)c1cc(-c2ccc(F)cc2F)on1. The lowest BCUT2D eigenvalue weighted by atomic mass is 9.86. The highest BCUT2D eigenvalue weighted by Crippen LogP contribution is 2.30. The zero-order valence-corrected chi connectivity index (χ0v) is 17.3. The van der Waals surface area contributed by atoms with Gasteiger partial charge in [0.05, 0.1) is 11.5 Å². The molecule has 172 valence electrons. The average molecular weight is 451 g/mol. The highest BCUT2D eigenvalue weighted by Gasteiger charge is 2.40. The Labute approximate surface area is 182 Å². The van der Waals surface area contributed by atoms with Gasteiger partial charge in [0, 0.05) is 37.3 Å². The topological polar surface area (TPSA) is 95.7 Å². The Morgan fingerprint density at radius 3 is 2.66 bits per heavy atom. The third kappa shape index (κ3) is 4.64. The van der Waals surface area contributed by atoms with Crippen molar-refractivity contribution in [2.45, 2.75) is 50.4 Å². The molecule has 2 fully saturated rings. The first-order valence-corrected chi connectivity index (χ1v) is 10.7. The number of halogens is 3. The smallest absolute Gasteiger partial charge is 0.309 e. The van der Waals surface area contributed by atoms with Gasteiger partial charge in [-0.15, -0.1) is 0 Å². The van der Waals surface area contributed by atoms with Gasteiger partial charge in [0.25, 0.3) is 5.91 Å². The van der Waals surface area contributed by atoms with E-state index in [1.807, 2.05) is 4.90 Å². The van der Waals surface area contributed by atoms with E-state index in [2.05, 4.69) is 10.5 Å². The minimum atomic E-state index is -1.07. The van der Waals surface area contributed by atoms with E-state index in [1.165, 1.54) is 12.1 Å². The van der Waals surface area contributed by atoms with Gasteiger partial charge in [-0.3, -0.25) is 14.5 Å². The summed E-state index contributed by atoms with van der Waals surface area (Å²) in [7, 11) is 0. The van der Waals surface area contributed by atoms with Crippen LogP contribution < -0.4 is 5.32 Å². The summed E-state index contributed by atoms with van der Waals surface area (Å²) in [4.78, 5) is 26.4. The number of rotatable bonds is 5. The summed E-state index contributed by atoms with van der Waals surface area (Å²) >= 11 is 0. The second-order valence-electron chi connectivity index (χ2n) is 8.38. The number of aromatic nitrogens is 1. The van der Waals surface area contributed by atoms with Gasteiger partial charge in [0.15, 0.2) is 11.5 Å². The Hall–Kier alpha value is -2.88. The van der Waals surface area contributed by atoms with Crippen LogP contribution in [0.2, 0.25) is 0 Å². The summed E-state index contributed by atoms with van der Waals surface area (Å²) in [6, 6.07) is 3.18. The van der Waals surface area contributed by atoms with Crippen molar-refractivity contribution in [3.05, 3.63) is 41.6 Å². The second-order valence-corrected chi connectivity index (χ2v) is 8.38. The standard InChI is InChI=1S/C22H24F3N3O4/c23-12-5-6-13(16(25)9-12)20-10-18(27-32-20)21(29)26-17-7-8-28(11-14(17)22(30)31)19-4-2-1-3-15(19)24/h5-6,9-10,14-15,17,19H,1-4,7-8,11H2,(H,26,29)(H,30,31)/t14-,15?,17-,19?/m1/s1. The number of nitrogens with one attached hydrogen (secondary N) is 1. The number of amides is 1. The van der Waals surface area contributed by atoms with Crippen LogP contribution >= 0.6 is 0 Å². The van der Waals surface area contributed by atoms with Gasteiger partial charge < -0.3 is 14.9 Å². The van der Waals surface area contributed by atoms with Crippen molar-refractivity contribution >= 4 is 11.9 Å². The van der Waals surface area contributed by atoms with E-state index in [1.54, 1.807) is 0 Å². The molecule has 1 aliphatic carbocycles. The van der Waals surface area contributed by atoms with E-state index in [9.17, 15) is 27.9 Å². The minimum Gasteiger partial charge on any atom is -0.481 e. The number of benzene rings is 1. The van der Waals surface area contributed by atoms with Crippen molar-refractivity contribution in [2.24, 2.45) is 5.92 Å². The molecular formula is C22H24F3N3O4. The number of carbonyl (C=O) groups excluding carboxylic acids is 1. The third-order valence-corrected chi connectivity index (χ3v) is 6.33. The summed E-state index contributed by atoms with van der Waals surface area (Å²) in [5, 5.41) is 16.0. The first kappa shape index (κ1) is 22.3. The van der Waals surface area contributed by atoms with Crippen LogP contribution in [0, 0.1) is 17.6 Å². The van der Waals surface area contributed by atoms with Crippen LogP contribution in [-0.2, 0) is 4.79 Å². The fourth-order valence-electron chi connectivity index (χ4n) is 4.62. The molecule has 1 saturated carbocycles. The van der Waals surface area contributed by atoms with Crippen LogP contribution in [0.5, 0.6) is 0 Å². The first-order valence-electron chi connectivity index (χ1n) is 10.7. The van der Waals surface area contributed by atoms with E-state index in [0.717, 1.165) is 18.9 Å². The van der Waals surface area contributed by atoms with Crippen molar-refractivity contribution in [3.8, 4) is 11.3 Å². The zero-order chi connectivity index (χ0) is 22.8. The van der Waals surface area contributed by atoms with Gasteiger partial charge >= 0.3 is 5.97 Å². The zero-order valence-electron chi connectivity index (χ0n) is 17.3. The van der Waals surface area contributed by atoms with E-state index >= 15 is 0 Å². The van der Waals surface area contributed by atoms with Crippen LogP contribution in [0.4, 0.5) is 13.2 Å². The molecule has 2 unspecified atom stereocenters. The van der Waals surface area contributed by atoms with Crippen molar-refractivity contribution in [1.82, 2.24) is 15.4 Å². The second kappa shape index (κ2) is 9.32. The monoisotopic (exact) mass is 451 g/mol. The molecule has 2 heterocycles. The van der Waals surface area contributed by atoms with Gasteiger partial charge in [-0.1, -0.05) is 18.0 Å². The van der Waals surface area contributed by atoms with Crippen LogP contribution in [0.15, 0.2) is 28.8 Å². The molecule has 1 aromatic carbocycles. The number of hydrogen-bond acceptors (Lipinski definition) is 5. The maximum absolute atomic E-state index is 14.4. The van der Waals surface area contributed by atoms with E-state index < -0.39 is 41.6 Å². The summed E-state index contributed by atoms with van der Waals surface area (Å²) in [6.45, 7) is 0.626. The lowest BCUT2D eigenvalue weighted by Gasteiger charge is -2.43. The van der Waals surface area contributed by atoms with Crippen molar-refractivity contribution in [3.63, 3.8) is 0 Å². The fraction of sp³-hybridized carbons (Fsp3) is 0.500. The molecule has 2 aliphatic rings. The van der Waals surface area contributed by atoms with Crippen LogP contribution in [-0.4, -0.2) is 58.4 Å². The third-order valence-electron chi connectivity index (χ3n) is 6.33. The van der Waals surface area contributed by atoms with E-state index in [-0.39, 0.29) is 29.6 Å². The van der Waals surface area contributed by atoms with Gasteiger partial charge in [-0.2, -0.15) is 0 Å². The lowest BCUT2D eigenvalue weighted by molar-refractivity contribution is -0.145. The highest BCUT2D eigenvalue weighted by atomic mass is 19.1. The molecule has 2 N–H and O–H groups in total. The Morgan fingerprint density at radius 1 is 1.16 bits per heavy atom. The largest absolute Gasteiger partial charge is 0.481 e. The summed E-state index contributed by atoms with van der Waals surface area (Å²) in [5.74, 6) is -4.29. The molecule has 1 aliphatic heterocycles. The van der Waals surface area contributed by atoms with Crippen LogP contribution in [0.1, 0.15) is 42.6 Å². The molecule has 0 bridgehead atoms. The highest BCUT2D eigenvalue weighted by molar-refractivity contribution is 5.93. The number of carboxylic acid groups (broad SMARTS) is 1. The Bertz CT molecular complexity index is 999. The number of nitrogens with zero attached hydrogens (tertiary/aromatic N) is 2. The normalized spacial score (nSPS) is 26.6. The number of alkyl halides is 1. The summed E-state index contributed by atoms with van der Waals surface area (Å²) in [6.07, 6.45) is 2.33. The molecule has 1 amide bonds. The number of carboxylic acids is 1. The summed E-state index contributed by atoms with van der Waals surface area (Å²) in [5.41, 5.74) is -0.200. The molecule has 4 rings (SSSR count). The molecular weight excluding hydrogens is 427 g/mol. The van der Waals surface area contributed by atoms with Crippen molar-refractivity contribution in [2.75, 3.05) is 13.1 Å². The molecule has 0 radical (unpaired) electrons. The van der Waals surface area contributed by atoms with E-state index in [4.69, 9.17) is 4.52 Å². The molecule has 10 heteroatoms. The molecule has 1 saturated heterocycles. The number of aliphatic carboxylic acids is 1. The lowest BCUT2D eigenvalue weighted by Crippen LogP contribution is -2.57. The maximum Gasteiger partial charge on any atom is 0.309 e. The first-order chi connectivity index (χ1) is 15.3. The van der Waals surface area contributed by atoms with Crippen molar-refractivity contribution in [1.29, 1.82) is 0 Å². The average Bonchev–Trinajstić information content (AvgIpc) is 3.24. The van der Waals surface area contributed by atoms with Crippen LogP contribution in [0.25, 0.3) is 11.3 Å². The molecule has 0 spiro atoms. The predicted molar refractivity (Wildman–Crippen MR) is 108 cm³/mol. The van der Waals surface area contributed by atoms with Gasteiger partial charge in [-0.25, -0.2) is 13.2 Å². The predicted octanol–water partition coefficient (Wildman–Crippen LogP) is 3.41. The van der Waals surface area contributed by atoms with Gasteiger partial charge in [0.1, 0.15) is 17.8 Å². The molecule has 7 nitrogen and oxygen atoms in total. The molecule has 2 aromatic rings. The molecule has 1 aromatic heterocycles. The molecule has 32 heavy (non-hydrogen) atoms. The quantitative estimate of drug-likeness (QED) is 0.724. The Kier molecular flexibility index (Phi) is 6.50. The maximum atomic E-state index is 14.4. The van der Waals surface area contributed by atoms with Crippen LogP contribution in [0.3, 0.4) is 0 Å². The van der Waals surface area contributed by atoms with Crippen molar-refractivity contribution < 1.29 is 32.4 Å². The van der Waals surface area contributed by atoms with Gasteiger partial charge in [0.2, 0.25) is 0 Å². The van der Waals surface area contributed by atoms with E-state index in [0.29, 0.717) is 31.9 Å². The number of piperidine rings is 1. The van der Waals surface area contributed by atoms with Gasteiger partial charge in [-0.05, 0) is 31.4 Å². The molecule has 4 atom stereocenters. The Balaban J connectivity index is 1.43. The number of likely N-dealkylation sites (tertiary alicyclic amines) is 1. The minimum absolute atomic E-state index is 0.0523. The number of carbonyl (C=O) groups is 2. The summed E-state index contributed by atoms with van der Waals surface area (Å²) < 4.78 is 46.4. The number of hydrogen-bond donors (Lipinski definition) is 2. The Morgan fingerprint density at radius 2 is 1.94 bits per heavy atom.